The van der Waals surface area contributed by atoms with Crippen LogP contribution in [0.5, 0.6) is 11.5 Å². The first-order valence-corrected chi connectivity index (χ1v) is 8.73. The molecule has 0 spiro atoms. The Bertz CT molecular complexity index is 754. The number of hydrogen-bond acceptors (Lipinski definition) is 6. The summed E-state index contributed by atoms with van der Waals surface area (Å²) in [5.74, 6) is 2.94. The minimum atomic E-state index is 0.205. The first-order chi connectivity index (χ1) is 12.1. The summed E-state index contributed by atoms with van der Waals surface area (Å²) in [5, 5.41) is 7.17. The van der Waals surface area contributed by atoms with Gasteiger partial charge in [0.1, 0.15) is 17.6 Å². The monoisotopic (exact) mass is 343 g/mol. The smallest absolute Gasteiger partial charge is 0.250 e. The highest BCUT2D eigenvalue weighted by Crippen LogP contribution is 2.35. The Hall–Kier alpha value is -2.34. The zero-order valence-corrected chi connectivity index (χ0v) is 15.2. The van der Waals surface area contributed by atoms with Gasteiger partial charge in [-0.1, -0.05) is 5.16 Å². The fraction of sp³-hybridized carbons (Fsp3) is 0.474. The van der Waals surface area contributed by atoms with Crippen molar-refractivity contribution >= 4 is 12.2 Å². The number of rotatable bonds is 7. The van der Waals surface area contributed by atoms with E-state index in [-0.39, 0.29) is 6.10 Å². The Morgan fingerprint density at radius 2 is 2.24 bits per heavy atom. The lowest BCUT2D eigenvalue weighted by molar-refractivity contribution is 0.254. The summed E-state index contributed by atoms with van der Waals surface area (Å²) in [5.41, 5.74) is 2.13. The molecule has 0 amide bonds. The van der Waals surface area contributed by atoms with Crippen LogP contribution in [0.3, 0.4) is 0 Å². The van der Waals surface area contributed by atoms with Crippen molar-refractivity contribution in [3.63, 3.8) is 0 Å². The van der Waals surface area contributed by atoms with E-state index >= 15 is 0 Å². The maximum atomic E-state index is 5.85. The maximum absolute atomic E-state index is 5.85. The molecule has 1 aromatic heterocycles. The van der Waals surface area contributed by atoms with Crippen molar-refractivity contribution in [2.45, 2.75) is 45.8 Å². The van der Waals surface area contributed by atoms with E-state index in [1.165, 1.54) is 5.56 Å². The Morgan fingerprint density at radius 3 is 3.00 bits per heavy atom. The molecule has 2 heterocycles. The summed E-state index contributed by atoms with van der Waals surface area (Å²) in [6, 6.07) is 4.38. The van der Waals surface area contributed by atoms with Crippen molar-refractivity contribution in [2.75, 3.05) is 13.7 Å². The summed E-state index contributed by atoms with van der Waals surface area (Å²) < 4.78 is 16.9. The van der Waals surface area contributed by atoms with Gasteiger partial charge in [0.15, 0.2) is 5.82 Å². The zero-order valence-electron chi connectivity index (χ0n) is 15.2. The fourth-order valence-corrected chi connectivity index (χ4v) is 2.82. The third-order valence-corrected chi connectivity index (χ3v) is 4.20. The molecule has 2 unspecified atom stereocenters. The Morgan fingerprint density at radius 1 is 1.40 bits per heavy atom. The van der Waals surface area contributed by atoms with Crippen LogP contribution in [0.4, 0.5) is 0 Å². The van der Waals surface area contributed by atoms with E-state index in [4.69, 9.17) is 14.0 Å². The Balaban J connectivity index is 1.80. The van der Waals surface area contributed by atoms with Gasteiger partial charge in [-0.15, -0.1) is 0 Å². The van der Waals surface area contributed by atoms with E-state index in [0.29, 0.717) is 24.4 Å². The van der Waals surface area contributed by atoms with Crippen LogP contribution in [0.25, 0.3) is 12.2 Å². The topological polar surface area (TPSA) is 69.4 Å². The van der Waals surface area contributed by atoms with Gasteiger partial charge < -0.3 is 19.3 Å². The highest BCUT2D eigenvalue weighted by Gasteiger charge is 2.21. The lowest BCUT2D eigenvalue weighted by atomic mass is 10.1. The maximum Gasteiger partial charge on any atom is 0.250 e. The molecule has 0 radical (unpaired) electrons. The minimum Gasteiger partial charge on any atom is -0.493 e. The highest BCUT2D eigenvalue weighted by atomic mass is 16.5. The molecule has 0 saturated heterocycles. The van der Waals surface area contributed by atoms with Crippen molar-refractivity contribution in [3.05, 3.63) is 35.0 Å². The number of nitrogens with zero attached hydrogens (tertiary/aromatic N) is 2. The molecule has 134 valence electrons. The SMILES string of the molecule is CCOc1cc2c(cc1/C=C/c1nc(CC(C)NC)no1)OC(C)C2. The summed E-state index contributed by atoms with van der Waals surface area (Å²) in [4.78, 5) is 4.40. The van der Waals surface area contributed by atoms with Crippen molar-refractivity contribution < 1.29 is 14.0 Å². The Labute approximate surface area is 148 Å². The summed E-state index contributed by atoms with van der Waals surface area (Å²) in [6.45, 7) is 6.74. The molecule has 3 rings (SSSR count). The average Bonchev–Trinajstić information content (AvgIpc) is 3.17. The van der Waals surface area contributed by atoms with Gasteiger partial charge in [-0.25, -0.2) is 0 Å². The molecular formula is C19H25N3O3. The van der Waals surface area contributed by atoms with Crippen LogP contribution in [0, 0.1) is 0 Å². The fourth-order valence-electron chi connectivity index (χ4n) is 2.82. The van der Waals surface area contributed by atoms with Gasteiger partial charge >= 0.3 is 0 Å². The van der Waals surface area contributed by atoms with E-state index in [9.17, 15) is 0 Å². The number of aromatic nitrogens is 2. The molecule has 1 N–H and O–H groups in total. The van der Waals surface area contributed by atoms with Crippen molar-refractivity contribution in [3.8, 4) is 11.5 Å². The molecule has 2 atom stereocenters. The highest BCUT2D eigenvalue weighted by molar-refractivity contribution is 5.71. The van der Waals surface area contributed by atoms with Crippen LogP contribution in [0.15, 0.2) is 16.7 Å². The van der Waals surface area contributed by atoms with Crippen molar-refractivity contribution in [1.29, 1.82) is 0 Å². The number of fused-ring (bicyclic) bond motifs is 1. The molecule has 0 fully saturated rings. The predicted molar refractivity (Wildman–Crippen MR) is 96.9 cm³/mol. The number of hydrogen-bond donors (Lipinski definition) is 1. The van der Waals surface area contributed by atoms with Gasteiger partial charge in [0.05, 0.1) is 6.61 Å². The third-order valence-electron chi connectivity index (χ3n) is 4.20. The number of nitrogens with one attached hydrogen (secondary N) is 1. The first-order valence-electron chi connectivity index (χ1n) is 8.73. The average molecular weight is 343 g/mol. The van der Waals surface area contributed by atoms with Crippen LogP contribution in [0.1, 0.15) is 43.6 Å². The van der Waals surface area contributed by atoms with Crippen LogP contribution >= 0.6 is 0 Å². The van der Waals surface area contributed by atoms with E-state index in [1.54, 1.807) is 0 Å². The zero-order chi connectivity index (χ0) is 17.8. The van der Waals surface area contributed by atoms with Gasteiger partial charge in [-0.2, -0.15) is 4.98 Å². The van der Waals surface area contributed by atoms with E-state index in [2.05, 4.69) is 35.4 Å². The summed E-state index contributed by atoms with van der Waals surface area (Å²) in [6.07, 6.45) is 5.58. The van der Waals surface area contributed by atoms with Crippen LogP contribution < -0.4 is 14.8 Å². The predicted octanol–water partition coefficient (Wildman–Crippen LogP) is 3.11. The van der Waals surface area contributed by atoms with Gasteiger partial charge in [0.25, 0.3) is 5.89 Å². The van der Waals surface area contributed by atoms with Crippen LogP contribution in [-0.4, -0.2) is 35.9 Å². The third kappa shape index (κ3) is 4.20. The number of ether oxygens (including phenoxy) is 2. The van der Waals surface area contributed by atoms with Crippen LogP contribution in [0.2, 0.25) is 0 Å². The summed E-state index contributed by atoms with van der Waals surface area (Å²) in [7, 11) is 1.91. The molecule has 2 aromatic rings. The van der Waals surface area contributed by atoms with Gasteiger partial charge in [0.2, 0.25) is 0 Å². The molecule has 0 saturated carbocycles. The number of benzene rings is 1. The molecule has 0 aliphatic carbocycles. The van der Waals surface area contributed by atoms with Gasteiger partial charge in [-0.3, -0.25) is 0 Å². The molecule has 0 bridgehead atoms. The summed E-state index contributed by atoms with van der Waals surface area (Å²) >= 11 is 0. The largest absolute Gasteiger partial charge is 0.493 e. The molecule has 6 heteroatoms. The van der Waals surface area contributed by atoms with Gasteiger partial charge in [0, 0.05) is 36.1 Å². The normalized spacial score (nSPS) is 17.5. The van der Waals surface area contributed by atoms with E-state index in [0.717, 1.165) is 29.9 Å². The van der Waals surface area contributed by atoms with Crippen molar-refractivity contribution in [1.82, 2.24) is 15.5 Å². The standard InChI is InChI=1S/C19H25N3O3/c1-5-23-16-11-15-9-13(3)24-17(15)10-14(16)6-7-19-21-18(22-25-19)8-12(2)20-4/h6-7,10-13,20H,5,8-9H2,1-4H3/b7-6+. The van der Waals surface area contributed by atoms with Crippen LogP contribution in [-0.2, 0) is 12.8 Å². The van der Waals surface area contributed by atoms with E-state index < -0.39 is 0 Å². The second kappa shape index (κ2) is 7.70. The molecule has 1 aromatic carbocycles. The molecule has 1 aliphatic rings. The quantitative estimate of drug-likeness (QED) is 0.833. The molecule has 25 heavy (non-hydrogen) atoms. The first kappa shape index (κ1) is 17.5. The Kier molecular flexibility index (Phi) is 5.38. The van der Waals surface area contributed by atoms with Gasteiger partial charge in [-0.05, 0) is 46.0 Å². The molecule has 1 aliphatic heterocycles. The second-order valence-corrected chi connectivity index (χ2v) is 6.34. The lowest BCUT2D eigenvalue weighted by Crippen LogP contribution is -2.24. The lowest BCUT2D eigenvalue weighted by Gasteiger charge is -2.09. The van der Waals surface area contributed by atoms with Crippen molar-refractivity contribution in [2.24, 2.45) is 0 Å². The van der Waals surface area contributed by atoms with E-state index in [1.807, 2.05) is 32.2 Å². The number of likely N-dealkylation sites (N-methyl/N-ethyl adjacent to an activating group) is 1. The minimum absolute atomic E-state index is 0.205. The molecular weight excluding hydrogens is 318 g/mol. The molecule has 6 nitrogen and oxygen atoms in total. The second-order valence-electron chi connectivity index (χ2n) is 6.34.